The maximum atomic E-state index is 14.9. The molecule has 0 fully saturated rings. The molecule has 0 amide bonds. The summed E-state index contributed by atoms with van der Waals surface area (Å²) in [7, 11) is 10.3. The lowest BCUT2D eigenvalue weighted by atomic mass is 10.2. The van der Waals surface area contributed by atoms with Crippen LogP contribution in [-0.4, -0.2) is 97.0 Å². The highest BCUT2D eigenvalue weighted by Gasteiger charge is 2.22. The van der Waals surface area contributed by atoms with Gasteiger partial charge in [-0.2, -0.15) is 10.2 Å². The first-order valence-electron chi connectivity index (χ1n) is 19.2. The first-order valence-corrected chi connectivity index (χ1v) is 19.9. The number of hydrogen-bond donors (Lipinski definition) is 2. The molecule has 0 radical (unpaired) electrons. The number of nitrogens with zero attached hydrogens (tertiary/aromatic N) is 12. The molecule has 16 nitrogen and oxygen atoms in total. The second-order valence-electron chi connectivity index (χ2n) is 13.7. The number of hydrogen-bond acceptors (Lipinski definition) is 13. The van der Waals surface area contributed by atoms with Crippen LogP contribution in [0.3, 0.4) is 0 Å². The summed E-state index contributed by atoms with van der Waals surface area (Å²) in [6.07, 6.45) is 10.5. The number of nitrogens with one attached hydrogen (secondary N) is 2. The van der Waals surface area contributed by atoms with Crippen molar-refractivity contribution in [3.8, 4) is 34.0 Å². The zero-order valence-electron chi connectivity index (χ0n) is 34.6. The van der Waals surface area contributed by atoms with Crippen LogP contribution in [0, 0.1) is 11.6 Å². The fourth-order valence-electron chi connectivity index (χ4n) is 6.41. The summed E-state index contributed by atoms with van der Waals surface area (Å²) >= 11 is 12.8. The van der Waals surface area contributed by atoms with E-state index in [-0.39, 0.29) is 21.4 Å². The lowest BCUT2D eigenvalue weighted by Crippen LogP contribution is -2.28. The van der Waals surface area contributed by atoms with E-state index in [1.807, 2.05) is 45.2 Å². The first-order chi connectivity index (χ1) is 30.0. The Morgan fingerprint density at radius 1 is 0.710 bits per heavy atom. The molecule has 8 aromatic rings. The minimum atomic E-state index is -0.541. The Kier molecular flexibility index (Phi) is 13.6. The second kappa shape index (κ2) is 19.4. The van der Waals surface area contributed by atoms with E-state index in [0.29, 0.717) is 82.7 Å². The lowest BCUT2D eigenvalue weighted by molar-refractivity contribution is 0.414. The van der Waals surface area contributed by atoms with Crippen LogP contribution in [0.1, 0.15) is 0 Å². The summed E-state index contributed by atoms with van der Waals surface area (Å²) in [6, 6.07) is 12.7. The molecule has 0 aliphatic rings. The standard InChI is InChI=1S/2C21H21ClFN7O/c1-24-8-9-30(20-14(23)4-6-17(31-3)19(20)22)18-7-5-15-21(28-18)27-16(11-25-15)13-10-26-29(2)12-13;1-24-8-9-30-18(28-20-14(23)4-6-17(31-3)19(20)22)7-5-15-21(30)27-16(11-25-15)13-10-26-29(2)12-13/h2*4-7,10-12,24H,8-9H2,1-3H3. The Bertz CT molecular complexity index is 2940. The number of aryl methyl sites for hydroxylation is 2. The third-order valence-corrected chi connectivity index (χ3v) is 10.3. The number of likely N-dealkylation sites (N-methyl/N-ethyl adjacent to an activating group) is 2. The van der Waals surface area contributed by atoms with Crippen molar-refractivity contribution in [1.29, 1.82) is 0 Å². The van der Waals surface area contributed by atoms with Crippen LogP contribution in [0.2, 0.25) is 10.0 Å². The van der Waals surface area contributed by atoms with Gasteiger partial charge in [0.15, 0.2) is 17.1 Å². The Morgan fingerprint density at radius 2 is 1.32 bits per heavy atom. The van der Waals surface area contributed by atoms with Gasteiger partial charge in [-0.25, -0.2) is 28.7 Å². The number of fused-ring (bicyclic) bond motifs is 2. The van der Waals surface area contributed by atoms with E-state index in [4.69, 9.17) is 37.7 Å². The number of methoxy groups -OCH3 is 2. The molecule has 2 N–H and O–H groups in total. The predicted octanol–water partition coefficient (Wildman–Crippen LogP) is 6.67. The predicted molar refractivity (Wildman–Crippen MR) is 235 cm³/mol. The molecule has 0 spiro atoms. The molecule has 320 valence electrons. The van der Waals surface area contributed by atoms with Gasteiger partial charge in [0.1, 0.15) is 61.1 Å². The molecule has 2 aromatic carbocycles. The zero-order chi connectivity index (χ0) is 43.9. The minimum Gasteiger partial charge on any atom is -0.495 e. The van der Waals surface area contributed by atoms with Crippen LogP contribution >= 0.6 is 23.2 Å². The summed E-state index contributed by atoms with van der Waals surface area (Å²) < 4.78 is 45.2. The van der Waals surface area contributed by atoms with Crippen molar-refractivity contribution in [3.05, 3.63) is 113 Å². The van der Waals surface area contributed by atoms with E-state index in [2.05, 4.69) is 45.8 Å². The van der Waals surface area contributed by atoms with Crippen LogP contribution < -0.4 is 30.5 Å². The highest BCUT2D eigenvalue weighted by Crippen LogP contribution is 2.40. The number of halogens is 4. The van der Waals surface area contributed by atoms with Crippen LogP contribution in [0.15, 0.2) is 90.7 Å². The van der Waals surface area contributed by atoms with Crippen molar-refractivity contribution in [3.63, 3.8) is 0 Å². The van der Waals surface area contributed by atoms with Crippen molar-refractivity contribution >= 4 is 62.7 Å². The molecule has 0 unspecified atom stereocenters. The van der Waals surface area contributed by atoms with Crippen LogP contribution in [0.4, 0.5) is 26.0 Å². The van der Waals surface area contributed by atoms with Gasteiger partial charge in [0, 0.05) is 63.8 Å². The number of anilines is 2. The monoisotopic (exact) mass is 882 g/mol. The zero-order valence-corrected chi connectivity index (χ0v) is 36.1. The molecular weight excluding hydrogens is 841 g/mol. The van der Waals surface area contributed by atoms with Crippen molar-refractivity contribution < 1.29 is 18.3 Å². The quantitative estimate of drug-likeness (QED) is 0.127. The number of rotatable bonds is 13. The van der Waals surface area contributed by atoms with Crippen molar-refractivity contribution in [2.45, 2.75) is 6.54 Å². The van der Waals surface area contributed by atoms with E-state index in [1.54, 1.807) is 63.3 Å². The lowest BCUT2D eigenvalue weighted by Gasteiger charge is -2.26. The van der Waals surface area contributed by atoms with E-state index in [9.17, 15) is 8.78 Å². The molecule has 6 heterocycles. The SMILES string of the molecule is CNCCN(c1ccc2ncc(-c3cnn(C)c3)nc2n1)c1c(F)ccc(OC)c1Cl.CNCCn1c(=Nc2c(F)ccc(OC)c2Cl)ccc2ncc(-c3cnn(C)c3)nc21. The maximum Gasteiger partial charge on any atom is 0.180 e. The molecule has 0 saturated carbocycles. The Balaban J connectivity index is 0.000000186. The highest BCUT2D eigenvalue weighted by molar-refractivity contribution is 6.35. The molecule has 0 bridgehead atoms. The Labute approximate surface area is 364 Å². The molecule has 0 saturated heterocycles. The van der Waals surface area contributed by atoms with Gasteiger partial charge in [-0.15, -0.1) is 0 Å². The van der Waals surface area contributed by atoms with E-state index in [0.717, 1.165) is 11.1 Å². The largest absolute Gasteiger partial charge is 0.495 e. The van der Waals surface area contributed by atoms with Crippen LogP contribution in [0.25, 0.3) is 44.8 Å². The normalized spacial score (nSPS) is 11.5. The van der Waals surface area contributed by atoms with Gasteiger partial charge in [0.25, 0.3) is 0 Å². The van der Waals surface area contributed by atoms with Gasteiger partial charge in [-0.3, -0.25) is 19.3 Å². The molecule has 20 heteroatoms. The van der Waals surface area contributed by atoms with Crippen LogP contribution in [-0.2, 0) is 20.6 Å². The van der Waals surface area contributed by atoms with E-state index >= 15 is 0 Å². The van der Waals surface area contributed by atoms with Gasteiger partial charge in [0.05, 0.1) is 50.4 Å². The molecule has 0 atom stereocenters. The summed E-state index contributed by atoms with van der Waals surface area (Å²) in [5.74, 6) is 0.213. The maximum absolute atomic E-state index is 14.9. The summed E-state index contributed by atoms with van der Waals surface area (Å²) in [4.78, 5) is 29.3. The molecule has 0 aliphatic heterocycles. The number of pyridine rings is 2. The van der Waals surface area contributed by atoms with Gasteiger partial charge in [-0.1, -0.05) is 23.2 Å². The van der Waals surface area contributed by atoms with E-state index < -0.39 is 11.6 Å². The van der Waals surface area contributed by atoms with Crippen molar-refractivity contribution in [2.24, 2.45) is 19.1 Å². The molecule has 0 aliphatic carbocycles. The summed E-state index contributed by atoms with van der Waals surface area (Å²) in [6.45, 7) is 2.20. The summed E-state index contributed by atoms with van der Waals surface area (Å²) in [5, 5.41) is 14.8. The minimum absolute atomic E-state index is 0.00921. The first kappa shape index (κ1) is 43.5. The van der Waals surface area contributed by atoms with Crippen LogP contribution in [0.5, 0.6) is 11.5 Å². The van der Waals surface area contributed by atoms with E-state index in [1.165, 1.54) is 38.5 Å². The molecule has 8 rings (SSSR count). The Hall–Kier alpha value is -6.60. The smallest absolute Gasteiger partial charge is 0.180 e. The number of benzene rings is 2. The molecule has 62 heavy (non-hydrogen) atoms. The fraction of sp³-hybridized carbons (Fsp3) is 0.238. The van der Waals surface area contributed by atoms with Gasteiger partial charge in [-0.05, 0) is 62.6 Å². The Morgan fingerprint density at radius 3 is 1.95 bits per heavy atom. The molecular formula is C42H42Cl2F2N14O2. The van der Waals surface area contributed by atoms with Crippen molar-refractivity contribution in [2.75, 3.05) is 52.8 Å². The topological polar surface area (TPSA) is 163 Å². The number of aromatic nitrogens is 10. The van der Waals surface area contributed by atoms with Crippen molar-refractivity contribution in [1.82, 2.24) is 59.7 Å². The molecule has 6 aromatic heterocycles. The average Bonchev–Trinajstić information content (AvgIpc) is 3.93. The van der Waals surface area contributed by atoms with Gasteiger partial charge >= 0.3 is 0 Å². The highest BCUT2D eigenvalue weighted by atomic mass is 35.5. The average molecular weight is 884 g/mol. The van der Waals surface area contributed by atoms with Gasteiger partial charge < -0.3 is 29.6 Å². The van der Waals surface area contributed by atoms with Gasteiger partial charge in [0.2, 0.25) is 0 Å². The second-order valence-corrected chi connectivity index (χ2v) is 14.4. The fourth-order valence-corrected chi connectivity index (χ4v) is 7.02. The third kappa shape index (κ3) is 9.32. The summed E-state index contributed by atoms with van der Waals surface area (Å²) in [5.41, 5.74) is 6.09. The third-order valence-electron chi connectivity index (χ3n) is 9.54. The number of ether oxygens (including phenoxy) is 2.